The van der Waals surface area contributed by atoms with Crippen molar-refractivity contribution in [3.63, 3.8) is 0 Å². The Balaban J connectivity index is 1.72. The molecule has 0 saturated carbocycles. The van der Waals surface area contributed by atoms with Crippen LogP contribution in [0.2, 0.25) is 0 Å². The van der Waals surface area contributed by atoms with Crippen molar-refractivity contribution in [2.75, 3.05) is 13.1 Å². The Labute approximate surface area is 159 Å². The molecule has 1 saturated heterocycles. The largest absolute Gasteiger partial charge is 0.481 e. The first kappa shape index (κ1) is 19.1. The minimum absolute atomic E-state index is 0.129. The maximum absolute atomic E-state index is 12.9. The molecule has 1 fully saturated rings. The lowest BCUT2D eigenvalue weighted by Gasteiger charge is -2.17. The van der Waals surface area contributed by atoms with Gasteiger partial charge in [0.15, 0.2) is 0 Å². The van der Waals surface area contributed by atoms with Crippen LogP contribution >= 0.6 is 0 Å². The van der Waals surface area contributed by atoms with Crippen molar-refractivity contribution in [1.82, 2.24) is 4.90 Å². The number of carbonyl (C=O) groups is 2. The highest BCUT2D eigenvalue weighted by molar-refractivity contribution is 5.95. The van der Waals surface area contributed by atoms with E-state index in [-0.39, 0.29) is 24.5 Å². The number of aliphatic carboxylic acids is 1. The molecule has 27 heavy (non-hydrogen) atoms. The molecule has 1 N–H and O–H groups in total. The second-order valence-corrected chi connectivity index (χ2v) is 7.23. The van der Waals surface area contributed by atoms with E-state index >= 15 is 0 Å². The normalized spacial score (nSPS) is 19.4. The van der Waals surface area contributed by atoms with Crippen molar-refractivity contribution in [3.8, 4) is 0 Å². The molecule has 1 amide bonds. The molecular formula is C22H25NO4. The van der Waals surface area contributed by atoms with E-state index in [1.54, 1.807) is 17.0 Å². The number of amides is 1. The van der Waals surface area contributed by atoms with Gasteiger partial charge in [0.2, 0.25) is 0 Å². The fraction of sp³-hybridized carbons (Fsp3) is 0.364. The van der Waals surface area contributed by atoms with Crippen molar-refractivity contribution in [2.24, 2.45) is 5.92 Å². The Hall–Kier alpha value is -2.66. The molecule has 1 heterocycles. The Morgan fingerprint density at radius 1 is 1.07 bits per heavy atom. The van der Waals surface area contributed by atoms with Crippen LogP contribution in [0.3, 0.4) is 0 Å². The highest BCUT2D eigenvalue weighted by Crippen LogP contribution is 2.33. The maximum Gasteiger partial charge on any atom is 0.308 e. The first-order chi connectivity index (χ1) is 13.0. The lowest BCUT2D eigenvalue weighted by Crippen LogP contribution is -2.29. The van der Waals surface area contributed by atoms with E-state index in [0.29, 0.717) is 18.7 Å². The highest BCUT2D eigenvalue weighted by atomic mass is 16.5. The van der Waals surface area contributed by atoms with E-state index in [1.165, 1.54) is 0 Å². The number of hydrogen-bond acceptors (Lipinski definition) is 3. The minimum atomic E-state index is -0.861. The van der Waals surface area contributed by atoms with Crippen LogP contribution in [0.25, 0.3) is 0 Å². The minimum Gasteiger partial charge on any atom is -0.481 e. The number of carboxylic acids is 1. The molecule has 2 aromatic carbocycles. The third kappa shape index (κ3) is 4.55. The van der Waals surface area contributed by atoms with Crippen molar-refractivity contribution in [1.29, 1.82) is 0 Å². The second-order valence-electron chi connectivity index (χ2n) is 7.23. The number of ether oxygens (including phenoxy) is 1. The summed E-state index contributed by atoms with van der Waals surface area (Å²) in [6.07, 6.45) is 0.152. The molecular weight excluding hydrogens is 342 g/mol. The summed E-state index contributed by atoms with van der Waals surface area (Å²) in [6.45, 7) is 5.11. The quantitative estimate of drug-likeness (QED) is 0.848. The Kier molecular flexibility index (Phi) is 5.91. The second kappa shape index (κ2) is 8.35. The van der Waals surface area contributed by atoms with Gasteiger partial charge in [-0.15, -0.1) is 0 Å². The van der Waals surface area contributed by atoms with Crippen molar-refractivity contribution in [2.45, 2.75) is 32.5 Å². The van der Waals surface area contributed by atoms with E-state index in [9.17, 15) is 14.7 Å². The van der Waals surface area contributed by atoms with Crippen LogP contribution in [-0.4, -0.2) is 41.1 Å². The molecule has 0 radical (unpaired) electrons. The zero-order valence-electron chi connectivity index (χ0n) is 15.7. The fourth-order valence-corrected chi connectivity index (χ4v) is 3.45. The average molecular weight is 367 g/mol. The number of benzene rings is 2. The van der Waals surface area contributed by atoms with E-state index in [1.807, 2.05) is 56.3 Å². The lowest BCUT2D eigenvalue weighted by atomic mass is 9.89. The summed E-state index contributed by atoms with van der Waals surface area (Å²) in [6, 6.07) is 16.9. The van der Waals surface area contributed by atoms with Crippen LogP contribution in [0, 0.1) is 5.92 Å². The molecule has 5 nitrogen and oxygen atoms in total. The maximum atomic E-state index is 12.9. The van der Waals surface area contributed by atoms with E-state index in [4.69, 9.17) is 4.74 Å². The van der Waals surface area contributed by atoms with Gasteiger partial charge in [0.05, 0.1) is 18.6 Å². The van der Waals surface area contributed by atoms with E-state index in [2.05, 4.69) is 0 Å². The average Bonchev–Trinajstić information content (AvgIpc) is 3.13. The van der Waals surface area contributed by atoms with Gasteiger partial charge in [0, 0.05) is 24.6 Å². The van der Waals surface area contributed by atoms with Gasteiger partial charge < -0.3 is 14.7 Å². The Morgan fingerprint density at radius 2 is 1.74 bits per heavy atom. The molecule has 2 aromatic rings. The standard InChI is InChI=1S/C22H25NO4/c1-15(2)27-14-16-8-10-18(11-9-16)21(24)23-12-19(20(13-23)22(25)26)17-6-4-3-5-7-17/h3-11,15,19-20H,12-14H2,1-2H3,(H,25,26)/t19-,20-/m0/s1. The lowest BCUT2D eigenvalue weighted by molar-refractivity contribution is -0.141. The number of rotatable bonds is 6. The van der Waals surface area contributed by atoms with Gasteiger partial charge in [-0.3, -0.25) is 9.59 Å². The van der Waals surface area contributed by atoms with Gasteiger partial charge in [-0.2, -0.15) is 0 Å². The van der Waals surface area contributed by atoms with E-state index < -0.39 is 11.9 Å². The molecule has 0 bridgehead atoms. The summed E-state index contributed by atoms with van der Waals surface area (Å²) in [5.74, 6) is -1.77. The first-order valence-electron chi connectivity index (χ1n) is 9.23. The van der Waals surface area contributed by atoms with Crippen LogP contribution in [0.4, 0.5) is 0 Å². The third-order valence-corrected chi connectivity index (χ3v) is 4.94. The van der Waals surface area contributed by atoms with Gasteiger partial charge in [-0.05, 0) is 37.1 Å². The molecule has 3 rings (SSSR count). The summed E-state index contributed by atoms with van der Waals surface area (Å²) >= 11 is 0. The molecule has 1 aliphatic rings. The van der Waals surface area contributed by atoms with Crippen LogP contribution in [0.15, 0.2) is 54.6 Å². The van der Waals surface area contributed by atoms with Crippen LogP contribution in [-0.2, 0) is 16.1 Å². The zero-order valence-corrected chi connectivity index (χ0v) is 15.7. The molecule has 0 aliphatic carbocycles. The molecule has 142 valence electrons. The van der Waals surface area contributed by atoms with Gasteiger partial charge in [0.1, 0.15) is 0 Å². The molecule has 1 aliphatic heterocycles. The number of hydrogen-bond donors (Lipinski definition) is 1. The molecule has 0 unspecified atom stereocenters. The fourth-order valence-electron chi connectivity index (χ4n) is 3.45. The topological polar surface area (TPSA) is 66.8 Å². The SMILES string of the molecule is CC(C)OCc1ccc(C(=O)N2C[C@H](C(=O)O)[C@H](c3ccccc3)C2)cc1. The van der Waals surface area contributed by atoms with Gasteiger partial charge in [0.25, 0.3) is 5.91 Å². The highest BCUT2D eigenvalue weighted by Gasteiger charge is 2.40. The number of nitrogens with zero attached hydrogens (tertiary/aromatic N) is 1. The van der Waals surface area contributed by atoms with E-state index in [0.717, 1.165) is 11.1 Å². The number of likely N-dealkylation sites (tertiary alicyclic amines) is 1. The molecule has 5 heteroatoms. The number of carboxylic acid groups (broad SMARTS) is 1. The molecule has 0 spiro atoms. The summed E-state index contributed by atoms with van der Waals surface area (Å²) in [4.78, 5) is 26.2. The molecule has 0 aromatic heterocycles. The summed E-state index contributed by atoms with van der Waals surface area (Å²) in [5, 5.41) is 9.60. The van der Waals surface area contributed by atoms with Crippen molar-refractivity contribution in [3.05, 3.63) is 71.3 Å². The smallest absolute Gasteiger partial charge is 0.308 e. The first-order valence-corrected chi connectivity index (χ1v) is 9.23. The summed E-state index contributed by atoms with van der Waals surface area (Å²) < 4.78 is 5.57. The predicted molar refractivity (Wildman–Crippen MR) is 103 cm³/mol. The van der Waals surface area contributed by atoms with Crippen LogP contribution in [0.1, 0.15) is 41.3 Å². The zero-order chi connectivity index (χ0) is 19.4. The monoisotopic (exact) mass is 367 g/mol. The Morgan fingerprint density at radius 3 is 2.33 bits per heavy atom. The van der Waals surface area contributed by atoms with Gasteiger partial charge in [-0.1, -0.05) is 42.5 Å². The third-order valence-electron chi connectivity index (χ3n) is 4.94. The van der Waals surface area contributed by atoms with Gasteiger partial charge in [-0.25, -0.2) is 0 Å². The predicted octanol–water partition coefficient (Wildman–Crippen LogP) is 3.55. The molecule has 2 atom stereocenters. The van der Waals surface area contributed by atoms with Crippen molar-refractivity contribution < 1.29 is 19.4 Å². The van der Waals surface area contributed by atoms with Crippen molar-refractivity contribution >= 4 is 11.9 Å². The summed E-state index contributed by atoms with van der Waals surface area (Å²) in [5.41, 5.74) is 2.54. The summed E-state index contributed by atoms with van der Waals surface area (Å²) in [7, 11) is 0. The Bertz CT molecular complexity index is 786. The van der Waals surface area contributed by atoms with Gasteiger partial charge >= 0.3 is 5.97 Å². The number of carbonyl (C=O) groups excluding carboxylic acids is 1. The van der Waals surface area contributed by atoms with Crippen LogP contribution in [0.5, 0.6) is 0 Å². The van der Waals surface area contributed by atoms with Crippen LogP contribution < -0.4 is 0 Å².